The molecule has 2 aliphatic heterocycles. The van der Waals surface area contributed by atoms with Crippen LogP contribution in [0.25, 0.3) is 5.57 Å². The van der Waals surface area contributed by atoms with Gasteiger partial charge in [0.15, 0.2) is 11.5 Å². The van der Waals surface area contributed by atoms with E-state index in [4.69, 9.17) is 9.47 Å². The average molecular weight is 455 g/mol. The van der Waals surface area contributed by atoms with Gasteiger partial charge in [0, 0.05) is 24.4 Å². The maximum atomic E-state index is 13.5. The van der Waals surface area contributed by atoms with Crippen LogP contribution in [0.1, 0.15) is 12.5 Å². The number of carbonyl (C=O) groups is 3. The highest BCUT2D eigenvalue weighted by Crippen LogP contribution is 2.37. The zero-order chi connectivity index (χ0) is 23.7. The highest BCUT2D eigenvalue weighted by atomic mass is 16.6. The fourth-order valence-electron chi connectivity index (χ4n) is 3.92. The third-order valence-corrected chi connectivity index (χ3v) is 5.40. The van der Waals surface area contributed by atoms with Gasteiger partial charge in [-0.3, -0.25) is 14.4 Å². The van der Waals surface area contributed by atoms with E-state index >= 15 is 0 Å². The van der Waals surface area contributed by atoms with Gasteiger partial charge in [-0.15, -0.1) is 0 Å². The van der Waals surface area contributed by atoms with E-state index < -0.39 is 11.8 Å². The Morgan fingerprint density at radius 2 is 1.50 bits per heavy atom. The van der Waals surface area contributed by atoms with Crippen LogP contribution in [0.5, 0.6) is 11.5 Å². The van der Waals surface area contributed by atoms with E-state index in [1.54, 1.807) is 54.6 Å². The van der Waals surface area contributed by atoms with Crippen LogP contribution >= 0.6 is 0 Å². The molecule has 0 atom stereocenters. The Morgan fingerprint density at radius 3 is 2.21 bits per heavy atom. The fraction of sp³-hybridized carbons (Fsp3) is 0.115. The number of hydrogen-bond donors (Lipinski definition) is 2. The number of ether oxygens (including phenoxy) is 2. The van der Waals surface area contributed by atoms with Crippen LogP contribution in [0.4, 0.5) is 17.1 Å². The molecular formula is C26H21N3O5. The van der Waals surface area contributed by atoms with Crippen LogP contribution in [-0.2, 0) is 14.4 Å². The third-order valence-electron chi connectivity index (χ3n) is 5.40. The monoisotopic (exact) mass is 455 g/mol. The summed E-state index contributed by atoms with van der Waals surface area (Å²) in [6, 6.07) is 20.9. The molecule has 2 heterocycles. The zero-order valence-corrected chi connectivity index (χ0v) is 18.3. The van der Waals surface area contributed by atoms with E-state index in [0.717, 1.165) is 4.90 Å². The molecule has 0 fully saturated rings. The summed E-state index contributed by atoms with van der Waals surface area (Å²) in [4.78, 5) is 39.4. The molecule has 0 saturated carbocycles. The molecule has 0 bridgehead atoms. The van der Waals surface area contributed by atoms with Crippen molar-refractivity contribution in [2.75, 3.05) is 28.7 Å². The number of imide groups is 1. The molecule has 0 radical (unpaired) electrons. The maximum absolute atomic E-state index is 13.5. The van der Waals surface area contributed by atoms with Gasteiger partial charge in [0.25, 0.3) is 11.8 Å². The number of carbonyl (C=O) groups excluding carboxylic acids is 3. The summed E-state index contributed by atoms with van der Waals surface area (Å²) >= 11 is 0. The molecule has 3 aromatic carbocycles. The first-order valence-corrected chi connectivity index (χ1v) is 10.7. The Balaban J connectivity index is 1.52. The van der Waals surface area contributed by atoms with Gasteiger partial charge in [-0.05, 0) is 42.0 Å². The molecule has 0 aliphatic carbocycles. The van der Waals surface area contributed by atoms with E-state index in [1.165, 1.54) is 6.92 Å². The minimum atomic E-state index is -0.481. The average Bonchev–Trinajstić information content (AvgIpc) is 3.09. The quantitative estimate of drug-likeness (QED) is 0.568. The smallest absolute Gasteiger partial charge is 0.282 e. The molecule has 0 spiro atoms. The Bertz CT molecular complexity index is 1320. The number of hydrogen-bond acceptors (Lipinski definition) is 6. The minimum absolute atomic E-state index is 0.166. The summed E-state index contributed by atoms with van der Waals surface area (Å²) in [5.74, 6) is 0.0682. The SMILES string of the molecule is CC(=O)Nc1ccc(N2C(=O)C(Nc3ccc4c(c3)OCCO4)=C(c3ccccc3)C2=O)cc1. The van der Waals surface area contributed by atoms with Crippen molar-refractivity contribution in [2.24, 2.45) is 0 Å². The number of fused-ring (bicyclic) bond motifs is 1. The van der Waals surface area contributed by atoms with Gasteiger partial charge >= 0.3 is 0 Å². The normalized spacial score (nSPS) is 14.9. The first-order valence-electron chi connectivity index (χ1n) is 10.7. The van der Waals surface area contributed by atoms with Crippen molar-refractivity contribution in [1.29, 1.82) is 0 Å². The molecule has 8 heteroatoms. The van der Waals surface area contributed by atoms with Crippen molar-refractivity contribution < 1.29 is 23.9 Å². The second-order valence-corrected chi connectivity index (χ2v) is 7.77. The molecule has 2 N–H and O–H groups in total. The number of nitrogens with zero attached hydrogens (tertiary/aromatic N) is 1. The zero-order valence-electron chi connectivity index (χ0n) is 18.3. The summed E-state index contributed by atoms with van der Waals surface area (Å²) in [6.07, 6.45) is 0. The lowest BCUT2D eigenvalue weighted by atomic mass is 10.0. The highest BCUT2D eigenvalue weighted by molar-refractivity contribution is 6.46. The standard InChI is InChI=1S/C26H21N3O5/c1-16(30)27-18-7-10-20(11-8-18)29-25(31)23(17-5-3-2-4-6-17)24(26(29)32)28-19-9-12-21-22(15-19)34-14-13-33-21/h2-12,15,28H,13-14H2,1H3,(H,27,30). The van der Waals surface area contributed by atoms with Crippen molar-refractivity contribution in [3.8, 4) is 11.5 Å². The number of amides is 3. The topological polar surface area (TPSA) is 97.0 Å². The maximum Gasteiger partial charge on any atom is 0.282 e. The molecule has 3 aromatic rings. The van der Waals surface area contributed by atoms with E-state index in [1.807, 2.05) is 18.2 Å². The number of anilines is 3. The summed E-state index contributed by atoms with van der Waals surface area (Å²) in [6.45, 7) is 2.33. The lowest BCUT2D eigenvalue weighted by molar-refractivity contribution is -0.120. The van der Waals surface area contributed by atoms with Crippen LogP contribution in [0.2, 0.25) is 0 Å². The van der Waals surface area contributed by atoms with Crippen LogP contribution < -0.4 is 25.0 Å². The number of rotatable bonds is 5. The molecule has 0 saturated heterocycles. The summed E-state index contributed by atoms with van der Waals surface area (Å²) in [5, 5.41) is 5.81. The molecule has 170 valence electrons. The predicted octanol–water partition coefficient (Wildman–Crippen LogP) is 3.81. The molecular weight excluding hydrogens is 434 g/mol. The van der Waals surface area contributed by atoms with Crippen molar-refractivity contribution in [3.63, 3.8) is 0 Å². The van der Waals surface area contributed by atoms with E-state index in [9.17, 15) is 14.4 Å². The molecule has 34 heavy (non-hydrogen) atoms. The van der Waals surface area contributed by atoms with Crippen LogP contribution in [0.3, 0.4) is 0 Å². The Kier molecular flexibility index (Phi) is 5.47. The largest absolute Gasteiger partial charge is 0.486 e. The van der Waals surface area contributed by atoms with Gasteiger partial charge in [-0.25, -0.2) is 4.90 Å². The van der Waals surface area contributed by atoms with Gasteiger partial charge in [0.05, 0.1) is 11.3 Å². The molecule has 3 amide bonds. The van der Waals surface area contributed by atoms with Crippen LogP contribution in [0.15, 0.2) is 78.5 Å². The summed E-state index contributed by atoms with van der Waals surface area (Å²) < 4.78 is 11.2. The number of benzene rings is 3. The molecule has 0 aromatic heterocycles. The van der Waals surface area contributed by atoms with Crippen molar-refractivity contribution in [1.82, 2.24) is 0 Å². The van der Waals surface area contributed by atoms with Gasteiger partial charge in [-0.2, -0.15) is 0 Å². The Morgan fingerprint density at radius 1 is 0.824 bits per heavy atom. The van der Waals surface area contributed by atoms with Crippen molar-refractivity contribution in [2.45, 2.75) is 6.92 Å². The second kappa shape index (κ2) is 8.74. The van der Waals surface area contributed by atoms with E-state index in [0.29, 0.717) is 47.3 Å². The summed E-state index contributed by atoms with van der Waals surface area (Å²) in [7, 11) is 0. The molecule has 5 rings (SSSR count). The Labute approximate surface area is 195 Å². The number of nitrogens with one attached hydrogen (secondary N) is 2. The second-order valence-electron chi connectivity index (χ2n) is 7.77. The van der Waals surface area contributed by atoms with Crippen molar-refractivity contribution in [3.05, 3.63) is 84.1 Å². The van der Waals surface area contributed by atoms with Crippen LogP contribution in [0, 0.1) is 0 Å². The van der Waals surface area contributed by atoms with E-state index in [2.05, 4.69) is 10.6 Å². The van der Waals surface area contributed by atoms with Gasteiger partial charge in [0.2, 0.25) is 5.91 Å². The third kappa shape index (κ3) is 3.97. The lowest BCUT2D eigenvalue weighted by Gasteiger charge is -2.19. The molecule has 8 nitrogen and oxygen atoms in total. The first-order chi connectivity index (χ1) is 16.5. The molecule has 0 unspecified atom stereocenters. The summed E-state index contributed by atoms with van der Waals surface area (Å²) in [5.41, 5.74) is 2.62. The van der Waals surface area contributed by atoms with Gasteiger partial charge in [-0.1, -0.05) is 30.3 Å². The fourth-order valence-corrected chi connectivity index (χ4v) is 3.92. The molecule has 2 aliphatic rings. The highest BCUT2D eigenvalue weighted by Gasteiger charge is 2.40. The van der Waals surface area contributed by atoms with Crippen molar-refractivity contribution >= 4 is 40.4 Å². The van der Waals surface area contributed by atoms with Gasteiger partial charge in [0.1, 0.15) is 18.9 Å². The minimum Gasteiger partial charge on any atom is -0.486 e. The van der Waals surface area contributed by atoms with Gasteiger partial charge < -0.3 is 20.1 Å². The first kappa shape index (κ1) is 21.3. The predicted molar refractivity (Wildman–Crippen MR) is 128 cm³/mol. The Hall–Kier alpha value is -4.59. The lowest BCUT2D eigenvalue weighted by Crippen LogP contribution is -2.32. The van der Waals surface area contributed by atoms with Crippen LogP contribution in [-0.4, -0.2) is 30.9 Å². The van der Waals surface area contributed by atoms with E-state index in [-0.39, 0.29) is 17.2 Å².